The minimum absolute atomic E-state index is 0.0346. The van der Waals surface area contributed by atoms with Gasteiger partial charge >= 0.3 is 18.4 Å². The van der Waals surface area contributed by atoms with Gasteiger partial charge in [-0.25, -0.2) is 10.2 Å². The quantitative estimate of drug-likeness (QED) is 0.301. The Morgan fingerprint density at radius 1 is 1.27 bits per heavy atom. The molecule has 1 aromatic rings. The van der Waals surface area contributed by atoms with Gasteiger partial charge in [-0.1, -0.05) is 6.07 Å². The third-order valence-electron chi connectivity index (χ3n) is 6.87. The SMILES string of the molecule is CCOC(=O)[C@@H]1CC[C@@H](Nc2ccc3c(c2CNC(=O)OC)COCCCC2=C3N(O)NC(OC(F)(F)F)=C2)CN1. The summed E-state index contributed by atoms with van der Waals surface area (Å²) in [5.41, 5.74) is 5.30. The van der Waals surface area contributed by atoms with E-state index in [9.17, 15) is 28.0 Å². The van der Waals surface area contributed by atoms with Crippen LogP contribution in [0, 0.1) is 0 Å². The fraction of sp³-hybridized carbons (Fsp3) is 0.538. The van der Waals surface area contributed by atoms with Crippen molar-refractivity contribution in [3.63, 3.8) is 0 Å². The number of esters is 1. The number of carbonyl (C=O) groups excluding carboxylic acids is 2. The molecule has 3 heterocycles. The molecule has 5 N–H and O–H groups in total. The van der Waals surface area contributed by atoms with Crippen LogP contribution < -0.4 is 21.4 Å². The highest BCUT2D eigenvalue weighted by Gasteiger charge is 2.35. The van der Waals surface area contributed by atoms with E-state index in [1.165, 1.54) is 13.2 Å². The summed E-state index contributed by atoms with van der Waals surface area (Å²) in [7, 11) is 1.24. The number of methoxy groups -OCH3 is 1. The van der Waals surface area contributed by atoms with Gasteiger partial charge in [-0.2, -0.15) is 5.17 Å². The number of fused-ring (bicyclic) bond motifs is 2. The van der Waals surface area contributed by atoms with E-state index in [0.29, 0.717) is 78.6 Å². The monoisotopic (exact) mass is 585 g/mol. The molecule has 1 aromatic carbocycles. The number of nitrogens with zero attached hydrogens (tertiary/aromatic N) is 1. The number of hydrazine groups is 1. The normalized spacial score (nSPS) is 21.1. The average molecular weight is 586 g/mol. The van der Waals surface area contributed by atoms with Crippen molar-refractivity contribution in [2.24, 2.45) is 0 Å². The zero-order valence-electron chi connectivity index (χ0n) is 22.7. The molecule has 1 fully saturated rings. The van der Waals surface area contributed by atoms with Crippen molar-refractivity contribution in [1.29, 1.82) is 0 Å². The van der Waals surface area contributed by atoms with Crippen LogP contribution in [-0.4, -0.2) is 67.8 Å². The molecule has 0 unspecified atom stereocenters. The lowest BCUT2D eigenvalue weighted by Gasteiger charge is -2.32. The molecule has 0 spiro atoms. The third kappa shape index (κ3) is 7.74. The molecule has 3 aliphatic rings. The number of halogens is 3. The Labute approximate surface area is 234 Å². The van der Waals surface area contributed by atoms with Gasteiger partial charge in [-0.3, -0.25) is 10.0 Å². The van der Waals surface area contributed by atoms with Crippen LogP contribution in [0.4, 0.5) is 23.7 Å². The van der Waals surface area contributed by atoms with E-state index in [-0.39, 0.29) is 36.9 Å². The Bertz CT molecular complexity index is 1180. The number of hydroxylamine groups is 1. The van der Waals surface area contributed by atoms with Crippen LogP contribution >= 0.6 is 0 Å². The number of rotatable bonds is 7. The van der Waals surface area contributed by atoms with Gasteiger partial charge in [0.15, 0.2) is 0 Å². The van der Waals surface area contributed by atoms with E-state index < -0.39 is 18.3 Å². The van der Waals surface area contributed by atoms with Crippen LogP contribution in [0.5, 0.6) is 0 Å². The lowest BCUT2D eigenvalue weighted by atomic mass is 9.93. The lowest BCUT2D eigenvalue weighted by molar-refractivity contribution is -0.312. The number of hydrogen-bond acceptors (Lipinski definition) is 11. The molecule has 15 heteroatoms. The van der Waals surface area contributed by atoms with Gasteiger partial charge in [0.05, 0.1) is 26.0 Å². The molecule has 12 nitrogen and oxygen atoms in total. The Hall–Kier alpha value is -3.69. The molecule has 2 atom stereocenters. The largest absolute Gasteiger partial charge is 0.574 e. The number of allylic oxidation sites excluding steroid dienone is 2. The molecule has 0 aliphatic carbocycles. The second-order valence-corrected chi connectivity index (χ2v) is 9.60. The van der Waals surface area contributed by atoms with E-state index in [1.54, 1.807) is 19.1 Å². The molecule has 4 rings (SSSR count). The Morgan fingerprint density at radius 3 is 2.76 bits per heavy atom. The summed E-state index contributed by atoms with van der Waals surface area (Å²) >= 11 is 0. The van der Waals surface area contributed by atoms with E-state index in [0.717, 1.165) is 0 Å². The number of nitrogens with one attached hydrogen (secondary N) is 4. The van der Waals surface area contributed by atoms with Crippen LogP contribution in [0.15, 0.2) is 29.7 Å². The predicted octanol–water partition coefficient (Wildman–Crippen LogP) is 3.25. The van der Waals surface area contributed by atoms with Gasteiger partial charge in [-0.05, 0) is 49.8 Å². The van der Waals surface area contributed by atoms with Crippen LogP contribution in [0.25, 0.3) is 5.70 Å². The van der Waals surface area contributed by atoms with Crippen LogP contribution in [-0.2, 0) is 36.9 Å². The zero-order chi connectivity index (χ0) is 29.6. The number of alkyl halides is 3. The molecule has 226 valence electrons. The van der Waals surface area contributed by atoms with Gasteiger partial charge < -0.3 is 34.9 Å². The second kappa shape index (κ2) is 13.3. The molecule has 0 radical (unpaired) electrons. The van der Waals surface area contributed by atoms with Gasteiger partial charge in [0.25, 0.3) is 0 Å². The molecular formula is C26H34F3N5O7. The van der Waals surface area contributed by atoms with E-state index in [2.05, 4.69) is 26.1 Å². The molecule has 0 saturated carbocycles. The van der Waals surface area contributed by atoms with Gasteiger partial charge in [0.2, 0.25) is 5.88 Å². The summed E-state index contributed by atoms with van der Waals surface area (Å²) in [5, 5.41) is 20.7. The third-order valence-corrected chi connectivity index (χ3v) is 6.87. The fourth-order valence-electron chi connectivity index (χ4n) is 5.04. The molecule has 0 bridgehead atoms. The fourth-order valence-corrected chi connectivity index (χ4v) is 5.04. The number of carbonyl (C=O) groups is 2. The summed E-state index contributed by atoms with van der Waals surface area (Å²) in [6, 6.07) is 3.06. The zero-order valence-corrected chi connectivity index (χ0v) is 22.7. The van der Waals surface area contributed by atoms with Gasteiger partial charge in [0, 0.05) is 48.6 Å². The Kier molecular flexibility index (Phi) is 9.83. The summed E-state index contributed by atoms with van der Waals surface area (Å²) in [6.07, 6.45) is -2.38. The maximum absolute atomic E-state index is 12.9. The maximum atomic E-state index is 12.9. The van der Waals surface area contributed by atoms with Crippen molar-refractivity contribution in [1.82, 2.24) is 21.2 Å². The predicted molar refractivity (Wildman–Crippen MR) is 139 cm³/mol. The standard InChI is InChI=1S/C26H34F3N5O7/c1-3-40-24(35)21-8-6-16(12-30-21)32-20-9-7-17-19(18(20)13-31-25(36)38-2)14-39-10-4-5-15-11-22(41-26(27,28)29)33-34(37)23(15)17/h7,9,11,16,21,30,32-33,37H,3-6,8,10,12-14H2,1-2H3,(H,31,36)/t16-,21+/m1/s1. The minimum atomic E-state index is -4.95. The molecule has 3 aliphatic heterocycles. The van der Waals surface area contributed by atoms with Gasteiger partial charge in [-0.15, -0.1) is 13.2 Å². The summed E-state index contributed by atoms with van der Waals surface area (Å²) < 4.78 is 58.4. The second-order valence-electron chi connectivity index (χ2n) is 9.60. The number of alkyl carbamates (subject to hydrolysis) is 1. The first-order valence-corrected chi connectivity index (χ1v) is 13.3. The number of anilines is 1. The molecule has 41 heavy (non-hydrogen) atoms. The van der Waals surface area contributed by atoms with Gasteiger partial charge in [0.1, 0.15) is 6.04 Å². The van der Waals surface area contributed by atoms with Crippen molar-refractivity contribution in [3.8, 4) is 0 Å². The number of benzene rings is 1. The number of piperidine rings is 1. The smallest absolute Gasteiger partial charge is 0.465 e. The number of amides is 1. The highest BCUT2D eigenvalue weighted by molar-refractivity contribution is 5.77. The van der Waals surface area contributed by atoms with E-state index >= 15 is 0 Å². The molecule has 1 saturated heterocycles. The molecule has 0 aromatic heterocycles. The highest BCUT2D eigenvalue weighted by atomic mass is 19.4. The highest BCUT2D eigenvalue weighted by Crippen LogP contribution is 2.37. The van der Waals surface area contributed by atoms with Crippen LogP contribution in [0.2, 0.25) is 0 Å². The minimum Gasteiger partial charge on any atom is -0.465 e. The first-order valence-electron chi connectivity index (χ1n) is 13.3. The van der Waals surface area contributed by atoms with Crippen LogP contribution in [0.3, 0.4) is 0 Å². The molecule has 1 amide bonds. The van der Waals surface area contributed by atoms with Crippen molar-refractivity contribution in [3.05, 3.63) is 46.4 Å². The van der Waals surface area contributed by atoms with Crippen molar-refractivity contribution >= 4 is 23.4 Å². The lowest BCUT2D eigenvalue weighted by Crippen LogP contribution is -2.49. The van der Waals surface area contributed by atoms with E-state index in [1.807, 2.05) is 0 Å². The van der Waals surface area contributed by atoms with Crippen molar-refractivity contribution in [2.75, 3.05) is 32.2 Å². The Balaban J connectivity index is 1.69. The van der Waals surface area contributed by atoms with Crippen molar-refractivity contribution in [2.45, 2.75) is 64.2 Å². The topological polar surface area (TPSA) is 143 Å². The number of ether oxygens (including phenoxy) is 4. The average Bonchev–Trinajstić information content (AvgIpc) is 3.00. The summed E-state index contributed by atoms with van der Waals surface area (Å²) in [4.78, 5) is 24.1. The molecular weight excluding hydrogens is 551 g/mol. The summed E-state index contributed by atoms with van der Waals surface area (Å²) in [6.45, 7) is 2.99. The van der Waals surface area contributed by atoms with E-state index in [4.69, 9.17) is 14.2 Å². The van der Waals surface area contributed by atoms with Crippen LogP contribution in [0.1, 0.15) is 49.3 Å². The van der Waals surface area contributed by atoms with Crippen molar-refractivity contribution < 1.29 is 46.9 Å². The number of hydrogen-bond donors (Lipinski definition) is 5. The summed E-state index contributed by atoms with van der Waals surface area (Å²) in [5.74, 6) is -0.961. The maximum Gasteiger partial charge on any atom is 0.574 e. The first kappa shape index (κ1) is 30.3. The first-order chi connectivity index (χ1) is 19.6. The Morgan fingerprint density at radius 2 is 2.07 bits per heavy atom.